The first-order valence-electron chi connectivity index (χ1n) is 4.02. The Hall–Kier alpha value is -1.34. The maximum atomic E-state index is 11.4. The van der Waals surface area contributed by atoms with Crippen molar-refractivity contribution in [3.8, 4) is 6.07 Å². The van der Waals surface area contributed by atoms with Crippen LogP contribution in [0.25, 0.3) is 0 Å². The van der Waals surface area contributed by atoms with E-state index in [9.17, 15) is 4.79 Å². The van der Waals surface area contributed by atoms with E-state index < -0.39 is 0 Å². The standard InChI is InChI=1S/C9H10N2OS/c1-2-7(6-10)11-9(12)8-4-3-5-13-8/h3-5,7H,2H2,1H3,(H,11,12)/t7-/m1/s1. The van der Waals surface area contributed by atoms with Gasteiger partial charge in [-0.25, -0.2) is 0 Å². The average molecular weight is 194 g/mol. The Morgan fingerprint density at radius 3 is 3.08 bits per heavy atom. The van der Waals surface area contributed by atoms with Gasteiger partial charge < -0.3 is 5.32 Å². The summed E-state index contributed by atoms with van der Waals surface area (Å²) >= 11 is 1.37. The third-order valence-electron chi connectivity index (χ3n) is 1.61. The Labute approximate surface area is 81.0 Å². The molecule has 0 aliphatic heterocycles. The molecule has 1 amide bonds. The third kappa shape index (κ3) is 2.56. The highest BCUT2D eigenvalue weighted by Crippen LogP contribution is 2.08. The van der Waals surface area contributed by atoms with E-state index >= 15 is 0 Å². The largest absolute Gasteiger partial charge is 0.336 e. The Morgan fingerprint density at radius 2 is 2.62 bits per heavy atom. The lowest BCUT2D eigenvalue weighted by atomic mass is 10.2. The van der Waals surface area contributed by atoms with Gasteiger partial charge in [-0.3, -0.25) is 4.79 Å². The topological polar surface area (TPSA) is 52.9 Å². The Kier molecular flexibility index (Phi) is 3.47. The average Bonchev–Trinajstić information content (AvgIpc) is 2.66. The number of amides is 1. The molecule has 1 N–H and O–H groups in total. The van der Waals surface area contributed by atoms with E-state index in [1.807, 2.05) is 24.4 Å². The van der Waals surface area contributed by atoms with Crippen molar-refractivity contribution in [2.75, 3.05) is 0 Å². The van der Waals surface area contributed by atoms with Crippen molar-refractivity contribution >= 4 is 17.2 Å². The summed E-state index contributed by atoms with van der Waals surface area (Å²) in [7, 11) is 0. The monoisotopic (exact) mass is 194 g/mol. The molecule has 0 aliphatic carbocycles. The number of nitrogens with zero attached hydrogens (tertiary/aromatic N) is 1. The molecule has 0 saturated carbocycles. The number of nitriles is 1. The Morgan fingerprint density at radius 1 is 1.85 bits per heavy atom. The minimum absolute atomic E-state index is 0.164. The van der Waals surface area contributed by atoms with Gasteiger partial charge in [0.25, 0.3) is 5.91 Å². The fraction of sp³-hybridized carbons (Fsp3) is 0.333. The van der Waals surface area contributed by atoms with Crippen molar-refractivity contribution in [3.05, 3.63) is 22.4 Å². The van der Waals surface area contributed by atoms with Gasteiger partial charge in [-0.05, 0) is 17.9 Å². The summed E-state index contributed by atoms with van der Waals surface area (Å²) in [6.45, 7) is 1.86. The SMILES string of the molecule is CC[C@H](C#N)NC(=O)c1cccs1. The van der Waals surface area contributed by atoms with Crippen LogP contribution >= 0.6 is 11.3 Å². The molecule has 0 unspecified atom stereocenters. The Bertz CT molecular complexity index is 313. The summed E-state index contributed by atoms with van der Waals surface area (Å²) in [6, 6.07) is 5.19. The van der Waals surface area contributed by atoms with Crippen LogP contribution in [-0.2, 0) is 0 Å². The molecule has 1 aromatic heterocycles. The lowest BCUT2D eigenvalue weighted by molar-refractivity contribution is 0.0949. The third-order valence-corrected chi connectivity index (χ3v) is 2.48. The van der Waals surface area contributed by atoms with E-state index in [4.69, 9.17) is 5.26 Å². The van der Waals surface area contributed by atoms with Gasteiger partial charge in [-0.2, -0.15) is 5.26 Å². The number of carbonyl (C=O) groups is 1. The fourth-order valence-electron chi connectivity index (χ4n) is 0.863. The number of rotatable bonds is 3. The van der Waals surface area contributed by atoms with Crippen molar-refractivity contribution < 1.29 is 4.79 Å². The fourth-order valence-corrected chi connectivity index (χ4v) is 1.49. The van der Waals surface area contributed by atoms with Crippen molar-refractivity contribution in [2.24, 2.45) is 0 Å². The van der Waals surface area contributed by atoms with E-state index in [1.54, 1.807) is 6.07 Å². The molecule has 3 nitrogen and oxygen atoms in total. The second kappa shape index (κ2) is 4.63. The van der Waals surface area contributed by atoms with Crippen LogP contribution in [0.4, 0.5) is 0 Å². The van der Waals surface area contributed by atoms with Gasteiger partial charge in [0.2, 0.25) is 0 Å². The summed E-state index contributed by atoms with van der Waals surface area (Å²) in [4.78, 5) is 12.0. The molecule has 1 atom stereocenters. The van der Waals surface area contributed by atoms with Gasteiger partial charge in [-0.1, -0.05) is 13.0 Å². The van der Waals surface area contributed by atoms with Crippen LogP contribution < -0.4 is 5.32 Å². The normalized spacial score (nSPS) is 11.7. The molecular formula is C9H10N2OS. The predicted molar refractivity (Wildman–Crippen MR) is 51.5 cm³/mol. The maximum absolute atomic E-state index is 11.4. The zero-order valence-electron chi connectivity index (χ0n) is 7.28. The quantitative estimate of drug-likeness (QED) is 0.797. The molecule has 0 aliphatic rings. The molecule has 0 spiro atoms. The molecule has 0 saturated heterocycles. The summed E-state index contributed by atoms with van der Waals surface area (Å²) < 4.78 is 0. The first-order chi connectivity index (χ1) is 6.27. The minimum atomic E-state index is -0.380. The van der Waals surface area contributed by atoms with E-state index in [0.29, 0.717) is 11.3 Å². The van der Waals surface area contributed by atoms with Crippen LogP contribution in [0.2, 0.25) is 0 Å². The summed E-state index contributed by atoms with van der Waals surface area (Å²) in [5.41, 5.74) is 0. The molecule has 13 heavy (non-hydrogen) atoms. The maximum Gasteiger partial charge on any atom is 0.262 e. The van der Waals surface area contributed by atoms with Gasteiger partial charge in [0.15, 0.2) is 0 Å². The molecule has 0 bridgehead atoms. The molecule has 0 aromatic carbocycles. The van der Waals surface area contributed by atoms with Crippen molar-refractivity contribution in [1.82, 2.24) is 5.32 Å². The van der Waals surface area contributed by atoms with Crippen LogP contribution in [0.5, 0.6) is 0 Å². The van der Waals surface area contributed by atoms with E-state index in [0.717, 1.165) is 0 Å². The number of thiophene rings is 1. The summed E-state index contributed by atoms with van der Waals surface area (Å²) in [5, 5.41) is 13.1. The molecular weight excluding hydrogens is 184 g/mol. The van der Waals surface area contributed by atoms with Crippen LogP contribution in [-0.4, -0.2) is 11.9 Å². The van der Waals surface area contributed by atoms with Crippen molar-refractivity contribution in [2.45, 2.75) is 19.4 Å². The molecule has 1 rings (SSSR count). The number of nitrogens with one attached hydrogen (secondary N) is 1. The molecule has 4 heteroatoms. The van der Waals surface area contributed by atoms with Gasteiger partial charge in [0.1, 0.15) is 6.04 Å². The molecule has 0 radical (unpaired) electrons. The highest BCUT2D eigenvalue weighted by molar-refractivity contribution is 7.12. The second-order valence-electron chi connectivity index (χ2n) is 2.54. The van der Waals surface area contributed by atoms with E-state index in [-0.39, 0.29) is 11.9 Å². The molecule has 68 valence electrons. The summed E-state index contributed by atoms with van der Waals surface area (Å²) in [6.07, 6.45) is 0.633. The lowest BCUT2D eigenvalue weighted by Crippen LogP contribution is -2.32. The summed E-state index contributed by atoms with van der Waals surface area (Å²) in [5.74, 6) is -0.164. The Balaban J connectivity index is 2.57. The highest BCUT2D eigenvalue weighted by atomic mass is 32.1. The predicted octanol–water partition coefficient (Wildman–Crippen LogP) is 1.78. The van der Waals surface area contributed by atoms with Gasteiger partial charge in [0, 0.05) is 0 Å². The zero-order valence-corrected chi connectivity index (χ0v) is 8.10. The minimum Gasteiger partial charge on any atom is -0.336 e. The smallest absolute Gasteiger partial charge is 0.262 e. The molecule has 1 aromatic rings. The van der Waals surface area contributed by atoms with Gasteiger partial charge in [0.05, 0.1) is 10.9 Å². The number of hydrogen-bond donors (Lipinski definition) is 1. The number of carbonyl (C=O) groups excluding carboxylic acids is 1. The van der Waals surface area contributed by atoms with Crippen LogP contribution in [0, 0.1) is 11.3 Å². The van der Waals surface area contributed by atoms with Crippen LogP contribution in [0.15, 0.2) is 17.5 Å². The van der Waals surface area contributed by atoms with Gasteiger partial charge in [-0.15, -0.1) is 11.3 Å². The van der Waals surface area contributed by atoms with Crippen molar-refractivity contribution in [1.29, 1.82) is 5.26 Å². The zero-order chi connectivity index (χ0) is 9.68. The lowest BCUT2D eigenvalue weighted by Gasteiger charge is -2.06. The van der Waals surface area contributed by atoms with E-state index in [2.05, 4.69) is 5.32 Å². The van der Waals surface area contributed by atoms with E-state index in [1.165, 1.54) is 11.3 Å². The van der Waals surface area contributed by atoms with Gasteiger partial charge >= 0.3 is 0 Å². The first-order valence-corrected chi connectivity index (χ1v) is 4.90. The number of hydrogen-bond acceptors (Lipinski definition) is 3. The van der Waals surface area contributed by atoms with Crippen LogP contribution in [0.3, 0.4) is 0 Å². The van der Waals surface area contributed by atoms with Crippen LogP contribution in [0.1, 0.15) is 23.0 Å². The van der Waals surface area contributed by atoms with Crippen molar-refractivity contribution in [3.63, 3.8) is 0 Å². The molecule has 0 fully saturated rings. The first kappa shape index (κ1) is 9.75. The second-order valence-corrected chi connectivity index (χ2v) is 3.49. The molecule has 1 heterocycles. The highest BCUT2D eigenvalue weighted by Gasteiger charge is 2.11.